The van der Waals surface area contributed by atoms with Crippen molar-refractivity contribution in [2.45, 2.75) is 115 Å². The highest BCUT2D eigenvalue weighted by Gasteiger charge is 2.62. The number of rotatable bonds is 10. The van der Waals surface area contributed by atoms with Crippen molar-refractivity contribution in [3.05, 3.63) is 65.7 Å². The molecule has 0 bridgehead atoms. The number of carbonyl (C=O) groups excluding carboxylic acids is 2. The Hall–Kier alpha value is -3.14. The van der Waals surface area contributed by atoms with Crippen LogP contribution in [0.2, 0.25) is 0 Å². The molecule has 13 heteroatoms. The first kappa shape index (κ1) is 32.8. The quantitative estimate of drug-likeness (QED) is 0.395. The minimum Gasteiger partial charge on any atom is -0.376 e. The van der Waals surface area contributed by atoms with E-state index in [0.29, 0.717) is 5.69 Å². The average Bonchev–Trinajstić information content (AvgIpc) is 3.67. The number of primary amides is 1. The summed E-state index contributed by atoms with van der Waals surface area (Å²) in [5.41, 5.74) is 8.30. The van der Waals surface area contributed by atoms with Crippen molar-refractivity contribution in [1.82, 2.24) is 4.90 Å². The minimum absolute atomic E-state index is 0.202. The molecule has 4 saturated heterocycles. The normalized spacial score (nSPS) is 32.9. The van der Waals surface area contributed by atoms with Gasteiger partial charge in [0.1, 0.15) is 30.5 Å². The maximum Gasteiger partial charge on any atom is 0.324 e. The second kappa shape index (κ2) is 12.8. The first-order chi connectivity index (χ1) is 21.8. The van der Waals surface area contributed by atoms with E-state index in [1.165, 1.54) is 12.0 Å². The zero-order valence-corrected chi connectivity index (χ0v) is 26.9. The number of urea groups is 1. The van der Waals surface area contributed by atoms with E-state index in [4.69, 9.17) is 43.6 Å². The van der Waals surface area contributed by atoms with Gasteiger partial charge in [-0.1, -0.05) is 48.0 Å². The predicted molar refractivity (Wildman–Crippen MR) is 163 cm³/mol. The highest BCUT2D eigenvalue weighted by molar-refractivity contribution is 5.90. The summed E-state index contributed by atoms with van der Waals surface area (Å²) < 4.78 is 49.7. The Morgan fingerprint density at radius 3 is 2.11 bits per heavy atom. The zero-order chi connectivity index (χ0) is 32.8. The number of nitrogens with one attached hydrogen (secondary N) is 1. The molecular weight excluding hydrogens is 598 g/mol. The molecule has 2 aromatic rings. The Morgan fingerprint density at radius 1 is 0.891 bits per heavy atom. The molecule has 3 N–H and O–H groups in total. The van der Waals surface area contributed by atoms with E-state index >= 15 is 0 Å². The number of nitrogens with zero attached hydrogens (tertiary/aromatic N) is 1. The standard InChI is InChI=1S/C33H43N3O10/c1-18-12-14-20(15-13-18)35-31(38)36(21(16-22(34)37)23-24(39-6)26-29(41-23)45-32(2,3)43-26)28-25(40-17-19-10-8-7-9-11-19)27-30(42-28)46-33(4,5)44-27/h7-15,21,23-30H,16-17H2,1-6H3,(H2,34,37)(H,35,38)/t21-,23+,24-,25-,26+,27-,28?,29+,30-/m0/s1. The molecule has 4 fully saturated rings. The van der Waals surface area contributed by atoms with Crippen LogP contribution < -0.4 is 11.1 Å². The van der Waals surface area contributed by atoms with Crippen molar-refractivity contribution in [2.75, 3.05) is 12.4 Å². The highest BCUT2D eigenvalue weighted by Crippen LogP contribution is 2.44. The van der Waals surface area contributed by atoms with Crippen molar-refractivity contribution < 1.29 is 47.5 Å². The van der Waals surface area contributed by atoms with Crippen molar-refractivity contribution in [3.63, 3.8) is 0 Å². The molecule has 46 heavy (non-hydrogen) atoms. The van der Waals surface area contributed by atoms with E-state index in [0.717, 1.165) is 11.1 Å². The number of aryl methyl sites for hydroxylation is 1. The Morgan fingerprint density at radius 2 is 1.50 bits per heavy atom. The van der Waals surface area contributed by atoms with E-state index in [-0.39, 0.29) is 13.0 Å². The second-order valence-electron chi connectivity index (χ2n) is 13.0. The molecule has 9 atom stereocenters. The predicted octanol–water partition coefficient (Wildman–Crippen LogP) is 3.38. The van der Waals surface area contributed by atoms with Crippen LogP contribution in [-0.4, -0.2) is 90.9 Å². The van der Waals surface area contributed by atoms with Crippen molar-refractivity contribution >= 4 is 17.6 Å². The lowest BCUT2D eigenvalue weighted by atomic mass is 9.97. The molecular formula is C33H43N3O10. The van der Waals surface area contributed by atoms with Crippen LogP contribution in [0.1, 0.15) is 45.2 Å². The number of nitrogens with two attached hydrogens (primary N) is 1. The first-order valence-electron chi connectivity index (χ1n) is 15.5. The molecule has 0 radical (unpaired) electrons. The molecule has 6 rings (SSSR count). The molecule has 4 aliphatic rings. The van der Waals surface area contributed by atoms with Crippen molar-refractivity contribution in [2.24, 2.45) is 5.73 Å². The number of methoxy groups -OCH3 is 1. The number of amides is 3. The fourth-order valence-electron chi connectivity index (χ4n) is 6.57. The molecule has 250 valence electrons. The summed E-state index contributed by atoms with van der Waals surface area (Å²) in [6.07, 6.45) is -6.81. The van der Waals surface area contributed by atoms with E-state index in [1.807, 2.05) is 49.4 Å². The topological polar surface area (TPSA) is 149 Å². The molecule has 0 saturated carbocycles. The molecule has 0 aromatic heterocycles. The van der Waals surface area contributed by atoms with Gasteiger partial charge < -0.3 is 48.9 Å². The van der Waals surface area contributed by atoms with E-state index in [2.05, 4.69) is 5.32 Å². The van der Waals surface area contributed by atoms with Gasteiger partial charge in [0.05, 0.1) is 12.6 Å². The number of anilines is 1. The lowest BCUT2D eigenvalue weighted by Gasteiger charge is -2.42. The van der Waals surface area contributed by atoms with Gasteiger partial charge in [-0.05, 0) is 52.3 Å². The van der Waals surface area contributed by atoms with Gasteiger partial charge in [0.25, 0.3) is 0 Å². The summed E-state index contributed by atoms with van der Waals surface area (Å²) in [4.78, 5) is 28.6. The third-order valence-corrected chi connectivity index (χ3v) is 8.51. The Bertz CT molecular complexity index is 1390. The minimum atomic E-state index is -1.09. The number of benzene rings is 2. The van der Waals surface area contributed by atoms with Crippen LogP contribution in [0.15, 0.2) is 54.6 Å². The average molecular weight is 642 g/mol. The van der Waals surface area contributed by atoms with Crippen molar-refractivity contribution in [1.29, 1.82) is 0 Å². The van der Waals surface area contributed by atoms with Crippen LogP contribution >= 0.6 is 0 Å². The smallest absolute Gasteiger partial charge is 0.324 e. The number of hydrogen-bond acceptors (Lipinski definition) is 10. The van der Waals surface area contributed by atoms with Gasteiger partial charge in [0.2, 0.25) is 5.91 Å². The molecule has 4 aliphatic heterocycles. The van der Waals surface area contributed by atoms with E-state index in [9.17, 15) is 9.59 Å². The van der Waals surface area contributed by atoms with Gasteiger partial charge in [-0.3, -0.25) is 9.69 Å². The number of carbonyl (C=O) groups is 2. The third kappa shape index (κ3) is 6.78. The Labute approximate surface area is 268 Å². The summed E-state index contributed by atoms with van der Waals surface area (Å²) in [7, 11) is 1.52. The summed E-state index contributed by atoms with van der Waals surface area (Å²) in [6.45, 7) is 9.28. The summed E-state index contributed by atoms with van der Waals surface area (Å²) >= 11 is 0. The maximum atomic E-state index is 14.5. The Kier molecular flexibility index (Phi) is 9.13. The van der Waals surface area contributed by atoms with Gasteiger partial charge >= 0.3 is 6.03 Å². The lowest BCUT2D eigenvalue weighted by Crippen LogP contribution is -2.61. The summed E-state index contributed by atoms with van der Waals surface area (Å²) in [5.74, 6) is -2.53. The lowest BCUT2D eigenvalue weighted by molar-refractivity contribution is -0.248. The second-order valence-corrected chi connectivity index (χ2v) is 13.0. The highest BCUT2D eigenvalue weighted by atomic mass is 16.9. The van der Waals surface area contributed by atoms with Gasteiger partial charge in [-0.2, -0.15) is 0 Å². The third-order valence-electron chi connectivity index (χ3n) is 8.51. The van der Waals surface area contributed by atoms with E-state index in [1.54, 1.807) is 39.8 Å². The number of ether oxygens (including phenoxy) is 8. The molecule has 1 unspecified atom stereocenters. The molecule has 2 aromatic carbocycles. The van der Waals surface area contributed by atoms with Crippen LogP contribution in [0.4, 0.5) is 10.5 Å². The monoisotopic (exact) mass is 641 g/mol. The van der Waals surface area contributed by atoms with Crippen LogP contribution in [0.25, 0.3) is 0 Å². The van der Waals surface area contributed by atoms with Gasteiger partial charge in [-0.25, -0.2) is 4.79 Å². The molecule has 4 heterocycles. The molecule has 0 aliphatic carbocycles. The van der Waals surface area contributed by atoms with Gasteiger partial charge in [-0.15, -0.1) is 0 Å². The van der Waals surface area contributed by atoms with E-state index < -0.39 is 78.9 Å². The van der Waals surface area contributed by atoms with Crippen LogP contribution in [0.3, 0.4) is 0 Å². The number of hydrogen-bond donors (Lipinski definition) is 2. The first-order valence-corrected chi connectivity index (χ1v) is 15.5. The van der Waals surface area contributed by atoms with Gasteiger partial charge in [0.15, 0.2) is 30.4 Å². The number of fused-ring (bicyclic) bond motifs is 2. The fraction of sp³-hybridized carbons (Fsp3) is 0.576. The zero-order valence-electron chi connectivity index (χ0n) is 26.9. The Balaban J connectivity index is 1.38. The van der Waals surface area contributed by atoms with Crippen LogP contribution in [-0.2, 0) is 49.3 Å². The van der Waals surface area contributed by atoms with Crippen molar-refractivity contribution in [3.8, 4) is 0 Å². The molecule has 13 nitrogen and oxygen atoms in total. The fourth-order valence-corrected chi connectivity index (χ4v) is 6.57. The van der Waals surface area contributed by atoms with Crippen LogP contribution in [0, 0.1) is 6.92 Å². The largest absolute Gasteiger partial charge is 0.376 e. The van der Waals surface area contributed by atoms with Crippen LogP contribution in [0.5, 0.6) is 0 Å². The summed E-state index contributed by atoms with van der Waals surface area (Å²) in [5, 5.41) is 2.95. The SMILES string of the molecule is CO[C@@H]1[C@H]2OC(C)(C)O[C@H]2O[C@@H]1[C@H](CC(N)=O)N(C(=O)Nc1ccc(C)cc1)C1O[C@H]2OC(C)(C)O[C@H]2[C@@H]1OCc1ccccc1. The molecule has 3 amide bonds. The molecule has 0 spiro atoms. The summed E-state index contributed by atoms with van der Waals surface area (Å²) in [6, 6.07) is 15.4. The van der Waals surface area contributed by atoms with Gasteiger partial charge in [0, 0.05) is 19.2 Å². The maximum absolute atomic E-state index is 14.5.